The van der Waals surface area contributed by atoms with E-state index in [1.54, 1.807) is 35.6 Å². The first-order chi connectivity index (χ1) is 44.5. The van der Waals surface area contributed by atoms with Crippen molar-refractivity contribution < 1.29 is 78.7 Å². The number of aromatic amines is 2. The molecule has 4 aliphatic rings. The maximum Gasteiger partial charge on any atom is 0.330 e. The van der Waals surface area contributed by atoms with E-state index >= 15 is 0 Å². The average molecular weight is 1300 g/mol. The molecule has 0 amide bonds. The number of H-pyrrole nitrogens is 2. The largest absolute Gasteiger partial charge is 0.394 e. The zero-order valence-corrected chi connectivity index (χ0v) is 51.0. The third-order valence-electron chi connectivity index (χ3n) is 16.9. The number of hydrogen-bond donors (Lipinski definition) is 10. The molecule has 36 nitrogen and oxygen atoms in total. The summed E-state index contributed by atoms with van der Waals surface area (Å²) < 4.78 is 56.9. The molecular weight excluding hydrogens is 1220 g/mol. The van der Waals surface area contributed by atoms with Crippen molar-refractivity contribution in [1.82, 2.24) is 79.1 Å². The van der Waals surface area contributed by atoms with Crippen molar-refractivity contribution >= 4 is 0 Å². The zero-order valence-electron chi connectivity index (χ0n) is 51.0. The Balaban J connectivity index is 0.594. The molecule has 10 rings (SSSR count). The van der Waals surface area contributed by atoms with E-state index in [0.29, 0.717) is 47.1 Å². The monoisotopic (exact) mass is 1300 g/mol. The molecule has 0 aliphatic carbocycles. The molecule has 4 fully saturated rings. The summed E-state index contributed by atoms with van der Waals surface area (Å²) in [6.07, 6.45) is 1.35. The van der Waals surface area contributed by atoms with Crippen LogP contribution in [-0.4, -0.2) is 220 Å². The minimum Gasteiger partial charge on any atom is -0.394 e. The van der Waals surface area contributed by atoms with Crippen molar-refractivity contribution in [1.29, 1.82) is 0 Å². The highest BCUT2D eigenvalue weighted by Crippen LogP contribution is 2.35. The van der Waals surface area contributed by atoms with E-state index in [4.69, 9.17) is 37.9 Å². The van der Waals surface area contributed by atoms with Crippen LogP contribution in [0.25, 0.3) is 0 Å². The fraction of sp³-hybridized carbons (Fsp3) is 0.714. The highest BCUT2D eigenvalue weighted by molar-refractivity contribution is 5.05. The minimum atomic E-state index is -1.63. The van der Waals surface area contributed by atoms with Gasteiger partial charge >= 0.3 is 11.4 Å². The Morgan fingerprint density at radius 2 is 0.880 bits per heavy atom. The molecule has 0 spiro atoms. The van der Waals surface area contributed by atoms with Crippen molar-refractivity contribution in [2.45, 2.75) is 229 Å². The van der Waals surface area contributed by atoms with Crippen molar-refractivity contribution in [2.24, 2.45) is 0 Å². The molecule has 0 radical (unpaired) electrons. The molecule has 16 atom stereocenters. The number of aliphatic hydroxyl groups excluding tert-OH is 8. The van der Waals surface area contributed by atoms with Gasteiger partial charge in [-0.15, -0.1) is 20.4 Å². The van der Waals surface area contributed by atoms with Gasteiger partial charge in [-0.05, 0) is 26.7 Å². The van der Waals surface area contributed by atoms with E-state index < -0.39 is 134 Å². The van der Waals surface area contributed by atoms with Crippen LogP contribution in [0.3, 0.4) is 0 Å². The van der Waals surface area contributed by atoms with Crippen molar-refractivity contribution in [3.8, 4) is 0 Å². The van der Waals surface area contributed by atoms with Crippen LogP contribution in [0.4, 0.5) is 0 Å². The van der Waals surface area contributed by atoms with Crippen LogP contribution in [0.2, 0.25) is 0 Å². The highest BCUT2D eigenvalue weighted by atomic mass is 16.6. The summed E-state index contributed by atoms with van der Waals surface area (Å²) in [6, 6.07) is 0. The quantitative estimate of drug-likeness (QED) is 0.0185. The predicted octanol–water partition coefficient (Wildman–Crippen LogP) is -2.91. The third-order valence-corrected chi connectivity index (χ3v) is 16.9. The van der Waals surface area contributed by atoms with Crippen LogP contribution in [-0.2, 0) is 77.4 Å². The Bertz CT molecular complexity index is 3300. The van der Waals surface area contributed by atoms with Gasteiger partial charge in [0.25, 0.3) is 11.1 Å². The second-order valence-corrected chi connectivity index (χ2v) is 23.7. The van der Waals surface area contributed by atoms with Crippen LogP contribution < -0.4 is 22.5 Å². The van der Waals surface area contributed by atoms with Gasteiger partial charge in [-0.3, -0.25) is 28.7 Å². The number of nitrogens with one attached hydrogen (secondary N) is 2. The second kappa shape index (κ2) is 31.9. The van der Waals surface area contributed by atoms with Gasteiger partial charge in [-0.2, -0.15) is 0 Å². The number of rotatable bonds is 33. The fourth-order valence-corrected chi connectivity index (χ4v) is 11.7. The van der Waals surface area contributed by atoms with Gasteiger partial charge in [0.1, 0.15) is 84.9 Å². The molecule has 0 aromatic carbocycles. The number of nitrogens with zero attached hydrogens (tertiary/aromatic N) is 14. The van der Waals surface area contributed by atoms with Crippen LogP contribution in [0.1, 0.15) is 136 Å². The molecule has 6 aromatic heterocycles. The van der Waals surface area contributed by atoms with Crippen LogP contribution >= 0.6 is 0 Å². The predicted molar refractivity (Wildman–Crippen MR) is 310 cm³/mol. The number of aliphatic hydroxyl groups is 8. The van der Waals surface area contributed by atoms with Crippen molar-refractivity contribution in [3.63, 3.8) is 0 Å². The lowest BCUT2D eigenvalue weighted by Crippen LogP contribution is -2.56. The van der Waals surface area contributed by atoms with Gasteiger partial charge < -0.3 is 78.7 Å². The molecular formula is C56H82N16O20. The highest BCUT2D eigenvalue weighted by Gasteiger charge is 2.48. The zero-order chi connectivity index (χ0) is 65.0. The first-order valence-corrected chi connectivity index (χ1v) is 31.0. The van der Waals surface area contributed by atoms with E-state index in [9.17, 15) is 60.0 Å². The van der Waals surface area contributed by atoms with E-state index in [2.05, 4.69) is 51.2 Å². The molecule has 0 bridgehead atoms. The average Bonchev–Trinajstić information content (AvgIpc) is 1.49. The maximum atomic E-state index is 12.9. The first kappa shape index (κ1) is 68.1. The molecule has 10 heterocycles. The molecule has 92 heavy (non-hydrogen) atoms. The van der Waals surface area contributed by atoms with Crippen LogP contribution in [0.5, 0.6) is 0 Å². The molecule has 4 saturated heterocycles. The number of aryl methyl sites for hydroxylation is 2. The summed E-state index contributed by atoms with van der Waals surface area (Å²) in [5, 5.41) is 115. The van der Waals surface area contributed by atoms with Gasteiger partial charge in [-0.1, -0.05) is 72.2 Å². The van der Waals surface area contributed by atoms with Crippen molar-refractivity contribution in [2.75, 3.05) is 26.4 Å². The number of unbranched alkanes of at least 4 members (excludes halogenated alkanes) is 9. The fourth-order valence-electron chi connectivity index (χ4n) is 11.7. The van der Waals surface area contributed by atoms with Gasteiger partial charge in [0, 0.05) is 49.6 Å². The molecule has 4 aliphatic heterocycles. The smallest absolute Gasteiger partial charge is 0.330 e. The van der Waals surface area contributed by atoms with Crippen LogP contribution in [0.15, 0.2) is 56.4 Å². The van der Waals surface area contributed by atoms with Crippen molar-refractivity contribution in [3.05, 3.63) is 113 Å². The summed E-state index contributed by atoms with van der Waals surface area (Å²) in [4.78, 5) is 54.7. The normalized spacial score (nSPS) is 28.4. The Kier molecular flexibility index (Phi) is 23.7. The minimum absolute atomic E-state index is 0.130. The molecule has 36 heteroatoms. The lowest BCUT2D eigenvalue weighted by Gasteiger charge is -2.40. The summed E-state index contributed by atoms with van der Waals surface area (Å²) in [5.41, 5.74) is 0.198. The van der Waals surface area contributed by atoms with E-state index in [1.165, 1.54) is 43.3 Å². The lowest BCUT2D eigenvalue weighted by molar-refractivity contribution is -0.255. The van der Waals surface area contributed by atoms with Crippen LogP contribution in [0, 0.1) is 13.8 Å². The standard InChI is InChI=1S/C56H82N16O20/c1-31-19-69(55(83)59-51(31)81)43-15-37(87-29-35-17-57-63-71(35)53-49(79)47(77)45(75)41(25-73)91-53)39(89-43)23-67-21-33(61-65-67)27-85-13-11-9-7-5-3-4-6-8-10-12-14-86-28-34-22-68(66-62-34)24-40-38(16-44(90-40)70-20-32(2)52(82)60-56(70)84)88-30-36-18-58-64-72(36)54-50(80)48(78)46(76)42(26-74)92-54/h17-22,37-50,53-54,73-80H,3-16,23-30H2,1-2H3,(H,59,81,83)(H,60,82,84)/t37?,38?,39-,40-,41?,42?,43-,44-,45-,46+,47+,48?,49?,50?,53-,54+/m1/s1. The Labute approximate surface area is 524 Å². The lowest BCUT2D eigenvalue weighted by atomic mass is 9.98. The van der Waals surface area contributed by atoms with Gasteiger partial charge in [0.05, 0.1) is 101 Å². The first-order valence-electron chi connectivity index (χ1n) is 31.0. The SMILES string of the molecule is Cc1cn([C@H]2CC(OCc3cnnn3[C@@H]3OC(CO)[C@@H](O)[C@H](O)C3O)[C@@H](Cn3cc(COCCCCCCCCCCCCOCc4cn(C[C@H]5O[C@@H](n6cc(C)c(=O)[nH]c6=O)CC5OCc5cnnn5[C@H]5OC(CO)[C@H](O)C(O)C5O)nn4)nn3)O2)c(=O)[nH]c1=O. The number of aromatic nitrogens is 16. The van der Waals surface area contributed by atoms with Gasteiger partial charge in [0.15, 0.2) is 12.5 Å². The maximum absolute atomic E-state index is 12.9. The van der Waals surface area contributed by atoms with Gasteiger partial charge in [-0.25, -0.2) is 28.3 Å². The molecule has 506 valence electrons. The molecule has 10 N–H and O–H groups in total. The second-order valence-electron chi connectivity index (χ2n) is 23.7. The third kappa shape index (κ3) is 16.6. The molecule has 7 unspecified atom stereocenters. The summed E-state index contributed by atoms with van der Waals surface area (Å²) in [7, 11) is 0. The molecule has 6 aromatic rings. The molecule has 0 saturated carbocycles. The van der Waals surface area contributed by atoms with Gasteiger partial charge in [0.2, 0.25) is 0 Å². The summed E-state index contributed by atoms with van der Waals surface area (Å²) in [6.45, 7) is 3.63. The Morgan fingerprint density at radius 1 is 0.489 bits per heavy atom. The van der Waals surface area contributed by atoms with E-state index in [1.807, 2.05) is 0 Å². The Morgan fingerprint density at radius 3 is 1.27 bits per heavy atom. The topological polar surface area (TPSA) is 468 Å². The van der Waals surface area contributed by atoms with E-state index in [-0.39, 0.29) is 52.4 Å². The number of ether oxygens (including phenoxy) is 8. The Hall–Kier alpha value is -6.72. The summed E-state index contributed by atoms with van der Waals surface area (Å²) >= 11 is 0. The van der Waals surface area contributed by atoms with E-state index in [0.717, 1.165) is 64.2 Å². The number of hydrogen-bond acceptors (Lipinski definition) is 28. The summed E-state index contributed by atoms with van der Waals surface area (Å²) in [5.74, 6) is 0.